The lowest BCUT2D eigenvalue weighted by atomic mass is 9.98. The number of hydrogen-bond donors (Lipinski definition) is 5. The van der Waals surface area contributed by atoms with E-state index in [-0.39, 0.29) is 23.8 Å². The molecule has 1 aliphatic heterocycles. The summed E-state index contributed by atoms with van der Waals surface area (Å²) in [6, 6.07) is 9.82. The number of phosphoric ester groups is 1. The molecule has 6 N–H and O–H groups in total. The van der Waals surface area contributed by atoms with Crippen LogP contribution in [0.25, 0.3) is 0 Å². The Morgan fingerprint density at radius 3 is 2.45 bits per heavy atom. The number of nitrogens with two attached hydrogens (primary N) is 1. The molecule has 13 nitrogen and oxygen atoms in total. The van der Waals surface area contributed by atoms with E-state index in [0.717, 1.165) is 5.56 Å². The SMILES string of the molecule is CC(C)CC(=O)OC1C(Oc2ccc(CCN)cc2)OC(COC(=O)c2ccc[nH]2)C(O)C1OP(=O)(O)O. The number of benzene rings is 1. The third-order valence-corrected chi connectivity index (χ3v) is 6.04. The summed E-state index contributed by atoms with van der Waals surface area (Å²) < 4.78 is 39.0. The zero-order valence-corrected chi connectivity index (χ0v) is 21.9. The molecule has 0 radical (unpaired) electrons. The van der Waals surface area contributed by atoms with Gasteiger partial charge < -0.3 is 44.6 Å². The van der Waals surface area contributed by atoms with Gasteiger partial charge in [-0.25, -0.2) is 9.36 Å². The van der Waals surface area contributed by atoms with E-state index in [1.807, 2.05) is 0 Å². The van der Waals surface area contributed by atoms with Gasteiger partial charge in [0, 0.05) is 12.6 Å². The Labute approximate surface area is 219 Å². The molecule has 1 aliphatic rings. The van der Waals surface area contributed by atoms with E-state index in [2.05, 4.69) is 4.98 Å². The van der Waals surface area contributed by atoms with Gasteiger partial charge in [0.05, 0.1) is 0 Å². The quantitative estimate of drug-likeness (QED) is 0.186. The van der Waals surface area contributed by atoms with Crippen molar-refractivity contribution in [1.29, 1.82) is 0 Å². The van der Waals surface area contributed by atoms with Crippen LogP contribution in [0, 0.1) is 5.92 Å². The first kappa shape index (κ1) is 29.8. The van der Waals surface area contributed by atoms with Crippen LogP contribution in [0.1, 0.15) is 36.3 Å². The summed E-state index contributed by atoms with van der Waals surface area (Å²) >= 11 is 0. The van der Waals surface area contributed by atoms with Crippen LogP contribution in [0.15, 0.2) is 42.6 Å². The second-order valence-electron chi connectivity index (χ2n) is 9.13. The molecule has 1 aromatic carbocycles. The fourth-order valence-electron chi connectivity index (χ4n) is 3.79. The highest BCUT2D eigenvalue weighted by atomic mass is 31.2. The first-order chi connectivity index (χ1) is 18.0. The normalized spacial score (nSPS) is 23.7. The van der Waals surface area contributed by atoms with Gasteiger partial charge in [0.2, 0.25) is 6.29 Å². The summed E-state index contributed by atoms with van der Waals surface area (Å²) in [5, 5.41) is 10.9. The van der Waals surface area contributed by atoms with Crippen molar-refractivity contribution in [3.63, 3.8) is 0 Å². The molecule has 38 heavy (non-hydrogen) atoms. The van der Waals surface area contributed by atoms with Crippen LogP contribution in [-0.2, 0) is 34.5 Å². The van der Waals surface area contributed by atoms with E-state index in [9.17, 15) is 29.0 Å². The Morgan fingerprint density at radius 2 is 1.87 bits per heavy atom. The van der Waals surface area contributed by atoms with Crippen LogP contribution in [-0.4, -0.2) is 75.7 Å². The average Bonchev–Trinajstić information content (AvgIpc) is 3.37. The molecular formula is C24H33N2O11P. The first-order valence-electron chi connectivity index (χ1n) is 12.0. The number of hydrogen-bond acceptors (Lipinski definition) is 10. The predicted octanol–water partition coefficient (Wildman–Crippen LogP) is 1.27. The van der Waals surface area contributed by atoms with Crippen molar-refractivity contribution in [2.75, 3.05) is 13.2 Å². The van der Waals surface area contributed by atoms with Crippen LogP contribution in [0.5, 0.6) is 5.75 Å². The Hall–Kier alpha value is -2.77. The summed E-state index contributed by atoms with van der Waals surface area (Å²) in [5.41, 5.74) is 6.67. The minimum Gasteiger partial charge on any atom is -0.461 e. The Balaban J connectivity index is 1.88. The van der Waals surface area contributed by atoms with E-state index in [1.165, 1.54) is 12.3 Å². The summed E-state index contributed by atoms with van der Waals surface area (Å²) in [6.45, 7) is 3.48. The van der Waals surface area contributed by atoms with Gasteiger partial charge in [-0.05, 0) is 48.7 Å². The second kappa shape index (κ2) is 13.3. The van der Waals surface area contributed by atoms with Gasteiger partial charge in [0.15, 0.2) is 6.10 Å². The average molecular weight is 557 g/mol. The number of carbonyl (C=O) groups is 2. The lowest BCUT2D eigenvalue weighted by Gasteiger charge is -2.43. The minimum atomic E-state index is -5.19. The van der Waals surface area contributed by atoms with Crippen LogP contribution in [0.3, 0.4) is 0 Å². The highest BCUT2D eigenvalue weighted by Gasteiger charge is 2.52. The molecule has 14 heteroatoms. The Morgan fingerprint density at radius 1 is 1.16 bits per heavy atom. The highest BCUT2D eigenvalue weighted by Crippen LogP contribution is 2.42. The van der Waals surface area contributed by atoms with Crippen LogP contribution in [0.4, 0.5) is 0 Å². The minimum absolute atomic E-state index is 0.0209. The smallest absolute Gasteiger partial charge is 0.461 e. The number of aromatic amines is 1. The Bertz CT molecular complexity index is 1090. The molecule has 0 spiro atoms. The van der Waals surface area contributed by atoms with E-state index in [4.69, 9.17) is 29.2 Å². The molecule has 2 aromatic rings. The number of aliphatic hydroxyl groups excluding tert-OH is 1. The standard InChI is InChI=1S/C24H33N2O11P/c1-14(2)12-19(27)36-22-21(37-38(30,31)32)20(28)18(13-33-23(29)17-4-3-11-26-17)35-24(22)34-16-7-5-15(6-8-16)9-10-25/h3-8,11,14,18,20-22,24,26,28H,9-10,12-13,25H2,1-2H3,(H2,30,31,32). The summed E-state index contributed by atoms with van der Waals surface area (Å²) in [5.74, 6) is -1.29. The number of ether oxygens (including phenoxy) is 4. The van der Waals surface area contributed by atoms with Gasteiger partial charge in [-0.3, -0.25) is 9.32 Å². The molecule has 0 bridgehead atoms. The van der Waals surface area contributed by atoms with Gasteiger partial charge in [0.1, 0.15) is 36.4 Å². The maximum absolute atomic E-state index is 12.5. The number of H-pyrrole nitrogens is 1. The third kappa shape index (κ3) is 8.63. The Kier molecular flexibility index (Phi) is 10.5. The first-order valence-corrected chi connectivity index (χ1v) is 13.5. The van der Waals surface area contributed by atoms with Crippen LogP contribution in [0.2, 0.25) is 0 Å². The summed E-state index contributed by atoms with van der Waals surface area (Å²) in [6.07, 6.45) is -5.85. The zero-order valence-electron chi connectivity index (χ0n) is 21.0. The molecule has 1 saturated heterocycles. The highest BCUT2D eigenvalue weighted by molar-refractivity contribution is 7.46. The van der Waals surface area contributed by atoms with Crippen LogP contribution >= 0.6 is 7.82 Å². The van der Waals surface area contributed by atoms with E-state index >= 15 is 0 Å². The van der Waals surface area contributed by atoms with Crippen molar-refractivity contribution in [2.45, 2.75) is 57.4 Å². The zero-order chi connectivity index (χ0) is 27.9. The number of esters is 2. The summed E-state index contributed by atoms with van der Waals surface area (Å²) in [7, 11) is -5.19. The number of aromatic nitrogens is 1. The van der Waals surface area contributed by atoms with Crippen molar-refractivity contribution in [1.82, 2.24) is 4.98 Å². The fourth-order valence-corrected chi connectivity index (χ4v) is 4.35. The topological polar surface area (TPSA) is 200 Å². The van der Waals surface area contributed by atoms with Gasteiger partial charge >= 0.3 is 19.8 Å². The molecule has 3 rings (SSSR count). The van der Waals surface area contributed by atoms with Crippen molar-refractivity contribution in [3.05, 3.63) is 53.9 Å². The molecule has 0 amide bonds. The molecule has 5 atom stereocenters. The van der Waals surface area contributed by atoms with Crippen molar-refractivity contribution in [3.8, 4) is 5.75 Å². The number of phosphoric acid groups is 1. The maximum Gasteiger partial charge on any atom is 0.470 e. The van der Waals surface area contributed by atoms with Crippen molar-refractivity contribution < 1.29 is 52.5 Å². The second-order valence-corrected chi connectivity index (χ2v) is 10.3. The lowest BCUT2D eigenvalue weighted by molar-refractivity contribution is -0.279. The third-order valence-electron chi connectivity index (χ3n) is 5.53. The van der Waals surface area contributed by atoms with Gasteiger partial charge in [-0.15, -0.1) is 0 Å². The molecule has 0 saturated carbocycles. The van der Waals surface area contributed by atoms with Crippen molar-refractivity contribution in [2.24, 2.45) is 11.7 Å². The number of carbonyl (C=O) groups excluding carboxylic acids is 2. The molecule has 1 fully saturated rings. The van der Waals surface area contributed by atoms with Crippen LogP contribution < -0.4 is 10.5 Å². The largest absolute Gasteiger partial charge is 0.470 e. The molecule has 210 valence electrons. The fraction of sp³-hybridized carbons (Fsp3) is 0.500. The number of aliphatic hydroxyl groups is 1. The molecule has 1 aromatic heterocycles. The van der Waals surface area contributed by atoms with E-state index in [1.54, 1.807) is 44.2 Å². The maximum atomic E-state index is 12.5. The molecular weight excluding hydrogens is 523 g/mol. The molecule has 2 heterocycles. The number of rotatable bonds is 12. The summed E-state index contributed by atoms with van der Waals surface area (Å²) in [4.78, 5) is 46.5. The lowest BCUT2D eigenvalue weighted by Crippen LogP contribution is -2.62. The van der Waals surface area contributed by atoms with E-state index < -0.39 is 57.1 Å². The van der Waals surface area contributed by atoms with E-state index in [0.29, 0.717) is 13.0 Å². The monoisotopic (exact) mass is 556 g/mol. The number of nitrogens with one attached hydrogen (secondary N) is 1. The molecule has 5 unspecified atom stereocenters. The van der Waals surface area contributed by atoms with Gasteiger partial charge in [-0.1, -0.05) is 26.0 Å². The van der Waals surface area contributed by atoms with Gasteiger partial charge in [-0.2, -0.15) is 0 Å². The van der Waals surface area contributed by atoms with Gasteiger partial charge in [0.25, 0.3) is 0 Å². The van der Waals surface area contributed by atoms with Crippen molar-refractivity contribution >= 4 is 19.8 Å². The molecule has 0 aliphatic carbocycles. The predicted molar refractivity (Wildman–Crippen MR) is 132 cm³/mol.